The molecule has 1 fully saturated rings. The largest absolute Gasteiger partial charge is 0.330 e. The maximum Gasteiger partial charge on any atom is 0.133 e. The Hall–Kier alpha value is -0.900. The Morgan fingerprint density at radius 3 is 2.86 bits per heavy atom. The van der Waals surface area contributed by atoms with Crippen LogP contribution in [0.2, 0.25) is 0 Å². The van der Waals surface area contributed by atoms with E-state index in [1.165, 1.54) is 19.3 Å². The van der Waals surface area contributed by atoms with Crippen molar-refractivity contribution in [2.75, 3.05) is 6.54 Å². The molecule has 1 aromatic rings. The third-order valence-electron chi connectivity index (χ3n) is 3.42. The molecule has 4 nitrogen and oxygen atoms in total. The highest BCUT2D eigenvalue weighted by Gasteiger charge is 2.36. The fraction of sp³-hybridized carbons (Fsp3) is 0.800. The van der Waals surface area contributed by atoms with Crippen LogP contribution < -0.4 is 5.73 Å². The van der Waals surface area contributed by atoms with Crippen LogP contribution in [0.1, 0.15) is 32.0 Å². The minimum absolute atomic E-state index is 0.333. The van der Waals surface area contributed by atoms with Crippen LogP contribution in [0.4, 0.5) is 0 Å². The highest BCUT2D eigenvalue weighted by Crippen LogP contribution is 2.42. The molecule has 1 aromatic heterocycles. The molecule has 0 spiro atoms. The van der Waals surface area contributed by atoms with Crippen molar-refractivity contribution in [2.45, 2.75) is 39.2 Å². The average molecular weight is 194 g/mol. The monoisotopic (exact) mass is 194 g/mol. The first-order chi connectivity index (χ1) is 6.79. The lowest BCUT2D eigenvalue weighted by atomic mass is 9.66. The Kier molecular flexibility index (Phi) is 2.54. The molecule has 2 rings (SSSR count). The molecule has 0 unspecified atom stereocenters. The van der Waals surface area contributed by atoms with Crippen molar-refractivity contribution in [1.82, 2.24) is 14.8 Å². The Bertz CT molecular complexity index is 295. The smallest absolute Gasteiger partial charge is 0.133 e. The van der Waals surface area contributed by atoms with Gasteiger partial charge in [0.2, 0.25) is 0 Å². The second-order valence-electron chi connectivity index (χ2n) is 4.27. The zero-order valence-electron chi connectivity index (χ0n) is 8.74. The van der Waals surface area contributed by atoms with Gasteiger partial charge >= 0.3 is 0 Å². The highest BCUT2D eigenvalue weighted by atomic mass is 15.3. The van der Waals surface area contributed by atoms with Crippen LogP contribution in [0.25, 0.3) is 0 Å². The van der Waals surface area contributed by atoms with Crippen molar-refractivity contribution in [3.63, 3.8) is 0 Å². The van der Waals surface area contributed by atoms with Crippen LogP contribution in [-0.2, 0) is 13.0 Å². The fourth-order valence-electron chi connectivity index (χ4n) is 2.15. The summed E-state index contributed by atoms with van der Waals surface area (Å²) >= 11 is 0. The van der Waals surface area contributed by atoms with E-state index in [0.717, 1.165) is 25.3 Å². The molecule has 78 valence electrons. The molecular weight excluding hydrogens is 176 g/mol. The minimum atomic E-state index is 0.333. The molecular formula is C10H18N4. The fourth-order valence-corrected chi connectivity index (χ4v) is 2.15. The molecule has 1 aliphatic carbocycles. The number of aryl methyl sites for hydroxylation is 1. The van der Waals surface area contributed by atoms with E-state index in [2.05, 4.69) is 21.7 Å². The summed E-state index contributed by atoms with van der Waals surface area (Å²) in [6, 6.07) is 0. The predicted molar refractivity (Wildman–Crippen MR) is 54.7 cm³/mol. The van der Waals surface area contributed by atoms with Crippen molar-refractivity contribution >= 4 is 0 Å². The van der Waals surface area contributed by atoms with E-state index >= 15 is 0 Å². The Morgan fingerprint density at radius 1 is 1.57 bits per heavy atom. The molecule has 0 radical (unpaired) electrons. The summed E-state index contributed by atoms with van der Waals surface area (Å²) in [4.78, 5) is 0. The Morgan fingerprint density at radius 2 is 2.36 bits per heavy atom. The van der Waals surface area contributed by atoms with Crippen LogP contribution in [0.3, 0.4) is 0 Å². The number of hydrogen-bond acceptors (Lipinski definition) is 3. The molecule has 14 heavy (non-hydrogen) atoms. The van der Waals surface area contributed by atoms with Crippen LogP contribution in [0, 0.1) is 5.41 Å². The molecule has 0 amide bonds. The summed E-state index contributed by atoms with van der Waals surface area (Å²) in [7, 11) is 0. The number of nitrogens with two attached hydrogens (primary N) is 1. The highest BCUT2D eigenvalue weighted by molar-refractivity contribution is 4.99. The van der Waals surface area contributed by atoms with E-state index in [4.69, 9.17) is 5.73 Å². The van der Waals surface area contributed by atoms with Gasteiger partial charge in [0, 0.05) is 13.0 Å². The van der Waals surface area contributed by atoms with Gasteiger partial charge in [0.1, 0.15) is 12.2 Å². The Balaban J connectivity index is 2.09. The van der Waals surface area contributed by atoms with Crippen molar-refractivity contribution < 1.29 is 0 Å². The second-order valence-corrected chi connectivity index (χ2v) is 4.27. The molecule has 1 saturated carbocycles. The molecule has 4 heteroatoms. The van der Waals surface area contributed by atoms with Gasteiger partial charge in [0.25, 0.3) is 0 Å². The summed E-state index contributed by atoms with van der Waals surface area (Å²) in [5, 5.41) is 8.10. The first kappa shape index (κ1) is 9.65. The second kappa shape index (κ2) is 3.69. The van der Waals surface area contributed by atoms with Gasteiger partial charge in [-0.3, -0.25) is 0 Å². The van der Waals surface area contributed by atoms with Gasteiger partial charge < -0.3 is 10.3 Å². The van der Waals surface area contributed by atoms with Gasteiger partial charge in [-0.25, -0.2) is 0 Å². The van der Waals surface area contributed by atoms with E-state index in [9.17, 15) is 0 Å². The molecule has 0 bridgehead atoms. The lowest BCUT2D eigenvalue weighted by Crippen LogP contribution is -2.39. The first-order valence-electron chi connectivity index (χ1n) is 5.36. The van der Waals surface area contributed by atoms with Gasteiger partial charge in [-0.05, 0) is 31.7 Å². The van der Waals surface area contributed by atoms with E-state index in [1.54, 1.807) is 6.33 Å². The van der Waals surface area contributed by atoms with E-state index in [-0.39, 0.29) is 0 Å². The van der Waals surface area contributed by atoms with Crippen LogP contribution in [-0.4, -0.2) is 21.3 Å². The van der Waals surface area contributed by atoms with Crippen molar-refractivity contribution in [3.05, 3.63) is 12.2 Å². The standard InChI is InChI=1S/C10H18N4/c1-2-14-8-12-13-9(14)6-10(7-11)4-3-5-10/h8H,2-7,11H2,1H3. The quantitative estimate of drug-likeness (QED) is 0.777. The molecule has 1 heterocycles. The summed E-state index contributed by atoms with van der Waals surface area (Å²) in [5.74, 6) is 1.10. The maximum absolute atomic E-state index is 5.82. The minimum Gasteiger partial charge on any atom is -0.330 e. The zero-order valence-corrected chi connectivity index (χ0v) is 8.74. The van der Waals surface area contributed by atoms with Crippen LogP contribution in [0.15, 0.2) is 6.33 Å². The third kappa shape index (κ3) is 1.54. The predicted octanol–water partition coefficient (Wildman–Crippen LogP) is 0.969. The molecule has 0 saturated heterocycles. The molecule has 2 N–H and O–H groups in total. The summed E-state index contributed by atoms with van der Waals surface area (Å²) in [6.45, 7) is 3.84. The zero-order chi connectivity index (χ0) is 10.0. The topological polar surface area (TPSA) is 56.7 Å². The number of aromatic nitrogens is 3. The Labute approximate surface area is 84.5 Å². The summed E-state index contributed by atoms with van der Waals surface area (Å²) < 4.78 is 2.11. The van der Waals surface area contributed by atoms with Gasteiger partial charge in [-0.1, -0.05) is 6.42 Å². The number of rotatable bonds is 4. The van der Waals surface area contributed by atoms with Crippen LogP contribution in [0.5, 0.6) is 0 Å². The van der Waals surface area contributed by atoms with Crippen molar-refractivity contribution in [1.29, 1.82) is 0 Å². The molecule has 0 atom stereocenters. The van der Waals surface area contributed by atoms with Gasteiger partial charge in [-0.2, -0.15) is 0 Å². The summed E-state index contributed by atoms with van der Waals surface area (Å²) in [6.07, 6.45) is 6.62. The average Bonchev–Trinajstić information content (AvgIpc) is 2.58. The van der Waals surface area contributed by atoms with Gasteiger partial charge in [-0.15, -0.1) is 10.2 Å². The first-order valence-corrected chi connectivity index (χ1v) is 5.36. The number of hydrogen-bond donors (Lipinski definition) is 1. The SMILES string of the molecule is CCn1cnnc1CC1(CN)CCC1. The van der Waals surface area contributed by atoms with E-state index < -0.39 is 0 Å². The van der Waals surface area contributed by atoms with Crippen molar-refractivity contribution in [3.8, 4) is 0 Å². The van der Waals surface area contributed by atoms with Gasteiger partial charge in [0.05, 0.1) is 0 Å². The normalized spacial score (nSPS) is 19.3. The number of nitrogens with zero attached hydrogens (tertiary/aromatic N) is 3. The molecule has 0 aromatic carbocycles. The lowest BCUT2D eigenvalue weighted by Gasteiger charge is -2.40. The van der Waals surface area contributed by atoms with Crippen LogP contribution >= 0.6 is 0 Å². The van der Waals surface area contributed by atoms with Crippen molar-refractivity contribution in [2.24, 2.45) is 11.1 Å². The summed E-state index contributed by atoms with van der Waals surface area (Å²) in [5.41, 5.74) is 6.15. The van der Waals surface area contributed by atoms with E-state index in [0.29, 0.717) is 5.41 Å². The third-order valence-corrected chi connectivity index (χ3v) is 3.42. The van der Waals surface area contributed by atoms with E-state index in [1.807, 2.05) is 0 Å². The lowest BCUT2D eigenvalue weighted by molar-refractivity contribution is 0.140. The molecule has 0 aliphatic heterocycles. The van der Waals surface area contributed by atoms with Gasteiger partial charge in [0.15, 0.2) is 0 Å². The molecule has 1 aliphatic rings. The maximum atomic E-state index is 5.82.